The van der Waals surface area contributed by atoms with Crippen LogP contribution < -0.4 is 5.32 Å². The minimum Gasteiger partial charge on any atom is -0.468 e. The van der Waals surface area contributed by atoms with Gasteiger partial charge >= 0.3 is 0 Å². The van der Waals surface area contributed by atoms with Crippen LogP contribution >= 0.6 is 11.6 Å². The maximum absolute atomic E-state index is 13.4. The summed E-state index contributed by atoms with van der Waals surface area (Å²) < 4.78 is 18.5. The third-order valence-electron chi connectivity index (χ3n) is 2.24. The van der Waals surface area contributed by atoms with E-state index in [9.17, 15) is 4.39 Å². The van der Waals surface area contributed by atoms with Gasteiger partial charge in [-0.2, -0.15) is 0 Å². The Labute approximate surface area is 98.0 Å². The maximum Gasteiger partial charge on any atom is 0.129 e. The van der Waals surface area contributed by atoms with Gasteiger partial charge in [-0.05, 0) is 24.3 Å². The predicted molar refractivity (Wildman–Crippen MR) is 60.7 cm³/mol. The van der Waals surface area contributed by atoms with E-state index in [1.807, 2.05) is 12.1 Å². The summed E-state index contributed by atoms with van der Waals surface area (Å²) in [5, 5.41) is 3.50. The molecule has 0 atom stereocenters. The van der Waals surface area contributed by atoms with E-state index in [1.54, 1.807) is 18.4 Å². The first kappa shape index (κ1) is 11.2. The largest absolute Gasteiger partial charge is 0.468 e. The lowest BCUT2D eigenvalue weighted by Gasteiger charge is -2.06. The van der Waals surface area contributed by atoms with Crippen LogP contribution in [0.4, 0.5) is 4.39 Å². The molecule has 1 N–H and O–H groups in total. The minimum atomic E-state index is -0.292. The van der Waals surface area contributed by atoms with Crippen LogP contribution in [0.5, 0.6) is 0 Å². The van der Waals surface area contributed by atoms with Crippen LogP contribution in [0.3, 0.4) is 0 Å². The van der Waals surface area contributed by atoms with Crippen molar-refractivity contribution in [3.05, 3.63) is 58.8 Å². The number of rotatable bonds is 4. The molecule has 0 radical (unpaired) electrons. The van der Waals surface area contributed by atoms with Crippen LogP contribution in [-0.2, 0) is 13.1 Å². The molecule has 0 unspecified atom stereocenters. The van der Waals surface area contributed by atoms with Crippen molar-refractivity contribution in [1.82, 2.24) is 5.32 Å². The number of hydrogen-bond acceptors (Lipinski definition) is 2. The molecule has 0 fully saturated rings. The van der Waals surface area contributed by atoms with Gasteiger partial charge in [0.15, 0.2) is 0 Å². The highest BCUT2D eigenvalue weighted by molar-refractivity contribution is 6.31. The van der Waals surface area contributed by atoms with E-state index in [1.165, 1.54) is 6.07 Å². The molecule has 0 spiro atoms. The molecule has 1 heterocycles. The second kappa shape index (κ2) is 5.14. The first-order valence-corrected chi connectivity index (χ1v) is 5.31. The smallest absolute Gasteiger partial charge is 0.129 e. The van der Waals surface area contributed by atoms with Gasteiger partial charge in [0.25, 0.3) is 0 Å². The highest BCUT2D eigenvalue weighted by Gasteiger charge is 2.06. The lowest BCUT2D eigenvalue weighted by Crippen LogP contribution is -2.13. The van der Waals surface area contributed by atoms with Gasteiger partial charge in [-0.1, -0.05) is 17.7 Å². The molecule has 0 aliphatic heterocycles. The predicted octanol–water partition coefficient (Wildman–Crippen LogP) is 3.36. The molecule has 0 saturated heterocycles. The van der Waals surface area contributed by atoms with Crippen LogP contribution in [0.1, 0.15) is 11.3 Å². The fourth-order valence-electron chi connectivity index (χ4n) is 1.43. The first-order valence-electron chi connectivity index (χ1n) is 4.93. The van der Waals surface area contributed by atoms with Crippen molar-refractivity contribution in [3.63, 3.8) is 0 Å². The molecule has 2 nitrogen and oxygen atoms in total. The Morgan fingerprint density at radius 2 is 2.06 bits per heavy atom. The average molecular weight is 240 g/mol. The van der Waals surface area contributed by atoms with Crippen molar-refractivity contribution in [2.24, 2.45) is 0 Å². The van der Waals surface area contributed by atoms with Crippen molar-refractivity contribution in [1.29, 1.82) is 0 Å². The molecule has 0 saturated carbocycles. The highest BCUT2D eigenvalue weighted by Crippen LogP contribution is 2.18. The van der Waals surface area contributed by atoms with E-state index >= 15 is 0 Å². The van der Waals surface area contributed by atoms with E-state index in [0.29, 0.717) is 23.7 Å². The van der Waals surface area contributed by atoms with Crippen molar-refractivity contribution in [2.75, 3.05) is 0 Å². The average Bonchev–Trinajstić information content (AvgIpc) is 2.75. The number of benzene rings is 1. The summed E-state index contributed by atoms with van der Waals surface area (Å²) in [6.45, 7) is 0.934. The van der Waals surface area contributed by atoms with Crippen LogP contribution in [0.25, 0.3) is 0 Å². The normalized spacial score (nSPS) is 10.6. The van der Waals surface area contributed by atoms with Crippen LogP contribution in [-0.4, -0.2) is 0 Å². The van der Waals surface area contributed by atoms with Crippen LogP contribution in [0.2, 0.25) is 5.02 Å². The molecular weight excluding hydrogens is 229 g/mol. The Bertz CT molecular complexity index is 436. The first-order chi connectivity index (χ1) is 7.77. The van der Waals surface area contributed by atoms with Gasteiger partial charge in [0, 0.05) is 17.1 Å². The molecule has 84 valence electrons. The summed E-state index contributed by atoms with van der Waals surface area (Å²) in [4.78, 5) is 0. The van der Waals surface area contributed by atoms with Crippen molar-refractivity contribution in [3.8, 4) is 0 Å². The quantitative estimate of drug-likeness (QED) is 0.885. The molecule has 16 heavy (non-hydrogen) atoms. The third-order valence-corrected chi connectivity index (χ3v) is 2.60. The molecule has 4 heteroatoms. The van der Waals surface area contributed by atoms with Gasteiger partial charge in [0.1, 0.15) is 11.6 Å². The van der Waals surface area contributed by atoms with Gasteiger partial charge in [0.05, 0.1) is 12.8 Å². The van der Waals surface area contributed by atoms with Crippen LogP contribution in [0.15, 0.2) is 41.0 Å². The second-order valence-corrected chi connectivity index (χ2v) is 3.79. The molecule has 1 aromatic heterocycles. The summed E-state index contributed by atoms with van der Waals surface area (Å²) in [5.41, 5.74) is 0.482. The van der Waals surface area contributed by atoms with Crippen molar-refractivity contribution in [2.45, 2.75) is 13.1 Å². The van der Waals surface area contributed by atoms with E-state index in [0.717, 1.165) is 5.76 Å². The van der Waals surface area contributed by atoms with Crippen LogP contribution in [0, 0.1) is 5.82 Å². The second-order valence-electron chi connectivity index (χ2n) is 3.38. The molecule has 0 amide bonds. The standard InChI is InChI=1S/C12H11ClFNO/c13-11-4-1-5-12(14)10(11)8-15-7-9-3-2-6-16-9/h1-6,15H,7-8H2. The summed E-state index contributed by atoms with van der Waals surface area (Å²) in [6, 6.07) is 8.33. The summed E-state index contributed by atoms with van der Waals surface area (Å²) in [7, 11) is 0. The SMILES string of the molecule is Fc1cccc(Cl)c1CNCc1ccco1. The maximum atomic E-state index is 13.4. The van der Waals surface area contributed by atoms with Gasteiger partial charge in [0.2, 0.25) is 0 Å². The minimum absolute atomic E-state index is 0.292. The molecule has 0 aliphatic rings. The van der Waals surface area contributed by atoms with E-state index in [-0.39, 0.29) is 5.82 Å². The Morgan fingerprint density at radius 1 is 1.19 bits per heavy atom. The number of halogens is 2. The van der Waals surface area contributed by atoms with Crippen molar-refractivity contribution < 1.29 is 8.81 Å². The highest BCUT2D eigenvalue weighted by atomic mass is 35.5. The Morgan fingerprint density at radius 3 is 2.75 bits per heavy atom. The van der Waals surface area contributed by atoms with Gasteiger partial charge in [-0.15, -0.1) is 0 Å². The fourth-order valence-corrected chi connectivity index (χ4v) is 1.65. The summed E-state index contributed by atoms with van der Waals surface area (Å²) >= 11 is 5.89. The molecule has 0 bridgehead atoms. The van der Waals surface area contributed by atoms with Crippen molar-refractivity contribution >= 4 is 11.6 Å². The zero-order valence-corrected chi connectivity index (χ0v) is 9.30. The van der Waals surface area contributed by atoms with E-state index in [4.69, 9.17) is 16.0 Å². The monoisotopic (exact) mass is 239 g/mol. The molecule has 2 rings (SSSR count). The molecule has 1 aromatic carbocycles. The lowest BCUT2D eigenvalue weighted by atomic mass is 10.2. The third kappa shape index (κ3) is 2.62. The van der Waals surface area contributed by atoms with Gasteiger partial charge in [-0.25, -0.2) is 4.39 Å². The summed E-state index contributed by atoms with van der Waals surface area (Å²) in [5.74, 6) is 0.520. The van der Waals surface area contributed by atoms with E-state index in [2.05, 4.69) is 5.32 Å². The Balaban J connectivity index is 1.95. The summed E-state index contributed by atoms with van der Waals surface area (Å²) in [6.07, 6.45) is 1.60. The fraction of sp³-hybridized carbons (Fsp3) is 0.167. The van der Waals surface area contributed by atoms with Gasteiger partial charge < -0.3 is 9.73 Å². The molecule has 0 aliphatic carbocycles. The zero-order chi connectivity index (χ0) is 11.4. The Hall–Kier alpha value is -1.32. The number of hydrogen-bond donors (Lipinski definition) is 1. The zero-order valence-electron chi connectivity index (χ0n) is 8.54. The molecule has 2 aromatic rings. The topological polar surface area (TPSA) is 25.2 Å². The lowest BCUT2D eigenvalue weighted by molar-refractivity contribution is 0.479. The number of furan rings is 1. The van der Waals surface area contributed by atoms with Gasteiger partial charge in [-0.3, -0.25) is 0 Å². The Kier molecular flexibility index (Phi) is 3.59. The molecular formula is C12H11ClFNO. The number of nitrogens with one attached hydrogen (secondary N) is 1. The van der Waals surface area contributed by atoms with E-state index < -0.39 is 0 Å².